The molecule has 0 atom stereocenters. The van der Waals surface area contributed by atoms with Crippen LogP contribution in [0.25, 0.3) is 49.7 Å². The van der Waals surface area contributed by atoms with Gasteiger partial charge in [-0.1, -0.05) is 127 Å². The van der Waals surface area contributed by atoms with Crippen LogP contribution in [0, 0.1) is 0 Å². The van der Waals surface area contributed by atoms with Gasteiger partial charge in [-0.3, -0.25) is 0 Å². The Hall–Kier alpha value is -4.88. The molecular weight excluding hydrogens is 458 g/mol. The lowest BCUT2D eigenvalue weighted by Gasteiger charge is -2.10. The highest BCUT2D eigenvalue weighted by Gasteiger charge is 2.11. The molecule has 7 aromatic rings. The van der Waals surface area contributed by atoms with Gasteiger partial charge in [-0.05, 0) is 64.1 Å². The Kier molecular flexibility index (Phi) is 5.60. The molecule has 1 heteroatoms. The molecule has 0 aliphatic carbocycles. The number of hydrogen-bond donors (Lipinski definition) is 0. The maximum Gasteiger partial charge on any atom is 0.0541 e. The summed E-state index contributed by atoms with van der Waals surface area (Å²) in [6.07, 6.45) is 0.919. The molecule has 0 radical (unpaired) electrons. The maximum absolute atomic E-state index is 2.37. The highest BCUT2D eigenvalue weighted by atomic mass is 15.0. The molecule has 0 amide bonds. The van der Waals surface area contributed by atoms with Gasteiger partial charge in [0.2, 0.25) is 0 Å². The van der Waals surface area contributed by atoms with Gasteiger partial charge in [0.1, 0.15) is 0 Å². The van der Waals surface area contributed by atoms with Crippen LogP contribution in [0.15, 0.2) is 152 Å². The van der Waals surface area contributed by atoms with Crippen molar-refractivity contribution in [3.63, 3.8) is 0 Å². The molecule has 0 unspecified atom stereocenters. The van der Waals surface area contributed by atoms with E-state index in [0.29, 0.717) is 0 Å². The van der Waals surface area contributed by atoms with E-state index in [-0.39, 0.29) is 0 Å². The zero-order valence-corrected chi connectivity index (χ0v) is 21.1. The summed E-state index contributed by atoms with van der Waals surface area (Å²) in [5.41, 5.74) is 11.3. The van der Waals surface area contributed by atoms with Crippen LogP contribution in [0.1, 0.15) is 11.1 Å². The SMILES string of the molecule is c1ccc(-c2ccc(Cc3cccc(-c4ccc(-n5c6ccccc6c6ccccc65)cc4)c3)cc2)cc1. The fourth-order valence-electron chi connectivity index (χ4n) is 5.55. The van der Waals surface area contributed by atoms with Gasteiger partial charge in [0.25, 0.3) is 0 Å². The quantitative estimate of drug-likeness (QED) is 0.229. The Morgan fingerprint density at radius 3 is 1.58 bits per heavy atom. The zero-order chi connectivity index (χ0) is 25.3. The van der Waals surface area contributed by atoms with Crippen molar-refractivity contribution in [2.24, 2.45) is 0 Å². The minimum atomic E-state index is 0.919. The molecule has 0 aliphatic heterocycles. The first kappa shape index (κ1) is 22.3. The molecule has 0 aliphatic rings. The molecule has 38 heavy (non-hydrogen) atoms. The summed E-state index contributed by atoms with van der Waals surface area (Å²) in [4.78, 5) is 0. The van der Waals surface area contributed by atoms with Crippen molar-refractivity contribution < 1.29 is 0 Å². The van der Waals surface area contributed by atoms with Crippen molar-refractivity contribution in [2.75, 3.05) is 0 Å². The van der Waals surface area contributed by atoms with E-state index in [1.807, 2.05) is 0 Å². The molecule has 1 heterocycles. The van der Waals surface area contributed by atoms with Crippen LogP contribution in [-0.4, -0.2) is 4.57 Å². The molecule has 180 valence electrons. The molecule has 0 fully saturated rings. The summed E-state index contributed by atoms with van der Waals surface area (Å²) >= 11 is 0. The van der Waals surface area contributed by atoms with Crippen LogP contribution < -0.4 is 0 Å². The second kappa shape index (κ2) is 9.53. The zero-order valence-electron chi connectivity index (χ0n) is 21.1. The van der Waals surface area contributed by atoms with Crippen LogP contribution in [-0.2, 0) is 6.42 Å². The van der Waals surface area contributed by atoms with E-state index in [4.69, 9.17) is 0 Å². The number of benzene rings is 6. The molecule has 0 saturated carbocycles. The van der Waals surface area contributed by atoms with Gasteiger partial charge in [-0.2, -0.15) is 0 Å². The highest BCUT2D eigenvalue weighted by Crippen LogP contribution is 2.32. The van der Waals surface area contributed by atoms with Crippen LogP contribution in [0.5, 0.6) is 0 Å². The Balaban J connectivity index is 1.17. The van der Waals surface area contributed by atoms with Gasteiger partial charge >= 0.3 is 0 Å². The summed E-state index contributed by atoms with van der Waals surface area (Å²) in [6.45, 7) is 0. The van der Waals surface area contributed by atoms with Crippen molar-refractivity contribution >= 4 is 21.8 Å². The predicted molar refractivity (Wildman–Crippen MR) is 161 cm³/mol. The molecule has 0 spiro atoms. The number of aromatic nitrogens is 1. The largest absolute Gasteiger partial charge is 0.309 e. The average Bonchev–Trinajstić information content (AvgIpc) is 3.33. The Labute approximate surface area is 223 Å². The first-order valence-electron chi connectivity index (χ1n) is 13.2. The lowest BCUT2D eigenvalue weighted by molar-refractivity contribution is 1.18. The third-order valence-electron chi connectivity index (χ3n) is 7.44. The summed E-state index contributed by atoms with van der Waals surface area (Å²) < 4.78 is 2.37. The standard InChI is InChI=1S/C37H27N/c1-2-10-29(11-3-1)30-19-17-27(18-20-30)25-28-9-8-12-32(26-28)31-21-23-33(24-22-31)38-36-15-6-4-13-34(36)35-14-5-7-16-37(35)38/h1-24,26H,25H2. The Morgan fingerprint density at radius 1 is 0.368 bits per heavy atom. The number of nitrogens with zero attached hydrogens (tertiary/aromatic N) is 1. The van der Waals surface area contributed by atoms with E-state index in [0.717, 1.165) is 6.42 Å². The van der Waals surface area contributed by atoms with Crippen LogP contribution in [0.4, 0.5) is 0 Å². The molecule has 1 nitrogen and oxygen atoms in total. The van der Waals surface area contributed by atoms with E-state index in [9.17, 15) is 0 Å². The van der Waals surface area contributed by atoms with E-state index in [1.165, 1.54) is 60.9 Å². The van der Waals surface area contributed by atoms with Gasteiger partial charge in [0, 0.05) is 16.5 Å². The van der Waals surface area contributed by atoms with Crippen molar-refractivity contribution in [3.8, 4) is 27.9 Å². The van der Waals surface area contributed by atoms with Crippen molar-refractivity contribution in [2.45, 2.75) is 6.42 Å². The van der Waals surface area contributed by atoms with Crippen LogP contribution >= 0.6 is 0 Å². The average molecular weight is 486 g/mol. The Bertz CT molecular complexity index is 1800. The number of fused-ring (bicyclic) bond motifs is 3. The first-order chi connectivity index (χ1) is 18.8. The molecule has 0 saturated heterocycles. The van der Waals surface area contributed by atoms with Crippen LogP contribution in [0.3, 0.4) is 0 Å². The van der Waals surface area contributed by atoms with Crippen LogP contribution in [0.2, 0.25) is 0 Å². The van der Waals surface area contributed by atoms with Gasteiger partial charge in [-0.25, -0.2) is 0 Å². The fourth-order valence-corrected chi connectivity index (χ4v) is 5.55. The van der Waals surface area contributed by atoms with E-state index < -0.39 is 0 Å². The summed E-state index contributed by atoms with van der Waals surface area (Å²) in [5, 5.41) is 2.58. The summed E-state index contributed by atoms with van der Waals surface area (Å²) in [5.74, 6) is 0. The monoisotopic (exact) mass is 485 g/mol. The third-order valence-corrected chi connectivity index (χ3v) is 7.44. The minimum absolute atomic E-state index is 0.919. The van der Waals surface area contributed by atoms with Crippen molar-refractivity contribution in [1.82, 2.24) is 4.57 Å². The third kappa shape index (κ3) is 4.09. The Morgan fingerprint density at radius 2 is 0.895 bits per heavy atom. The summed E-state index contributed by atoms with van der Waals surface area (Å²) in [6, 6.07) is 54.7. The molecule has 7 rings (SSSR count). The molecular formula is C37H27N. The van der Waals surface area contributed by atoms with Crippen molar-refractivity contribution in [3.05, 3.63) is 163 Å². The highest BCUT2D eigenvalue weighted by molar-refractivity contribution is 6.09. The molecule has 0 bridgehead atoms. The second-order valence-electron chi connectivity index (χ2n) is 9.86. The molecule has 1 aromatic heterocycles. The topological polar surface area (TPSA) is 4.93 Å². The first-order valence-corrected chi connectivity index (χ1v) is 13.2. The summed E-state index contributed by atoms with van der Waals surface area (Å²) in [7, 11) is 0. The predicted octanol–water partition coefficient (Wildman–Crippen LogP) is 9.71. The second-order valence-corrected chi connectivity index (χ2v) is 9.86. The normalized spacial score (nSPS) is 11.3. The minimum Gasteiger partial charge on any atom is -0.309 e. The van der Waals surface area contributed by atoms with E-state index >= 15 is 0 Å². The van der Waals surface area contributed by atoms with Gasteiger partial charge in [-0.15, -0.1) is 0 Å². The number of hydrogen-bond acceptors (Lipinski definition) is 0. The smallest absolute Gasteiger partial charge is 0.0541 e. The number of rotatable bonds is 5. The van der Waals surface area contributed by atoms with Gasteiger partial charge in [0.15, 0.2) is 0 Å². The van der Waals surface area contributed by atoms with E-state index in [2.05, 4.69) is 156 Å². The fraction of sp³-hybridized carbons (Fsp3) is 0.0270. The lowest BCUT2D eigenvalue weighted by atomic mass is 9.97. The molecule has 0 N–H and O–H groups in total. The number of para-hydroxylation sites is 2. The van der Waals surface area contributed by atoms with Gasteiger partial charge in [0.05, 0.1) is 11.0 Å². The van der Waals surface area contributed by atoms with Gasteiger partial charge < -0.3 is 4.57 Å². The van der Waals surface area contributed by atoms with Crippen molar-refractivity contribution in [1.29, 1.82) is 0 Å². The maximum atomic E-state index is 2.37. The van der Waals surface area contributed by atoms with E-state index in [1.54, 1.807) is 0 Å². The lowest BCUT2D eigenvalue weighted by Crippen LogP contribution is -1.94. The molecule has 6 aromatic carbocycles.